The minimum atomic E-state index is -0.414. The molecule has 0 unspecified atom stereocenters. The lowest BCUT2D eigenvalue weighted by Crippen LogP contribution is -2.30. The van der Waals surface area contributed by atoms with Gasteiger partial charge in [-0.3, -0.25) is 19.0 Å². The van der Waals surface area contributed by atoms with E-state index in [0.29, 0.717) is 16.7 Å². The molecule has 7 heteroatoms. The molecule has 28 heavy (non-hydrogen) atoms. The first-order chi connectivity index (χ1) is 13.5. The maximum atomic E-state index is 13.0. The number of nitrogens with one attached hydrogen (secondary N) is 2. The van der Waals surface area contributed by atoms with Crippen LogP contribution in [0.25, 0.3) is 16.4 Å². The summed E-state index contributed by atoms with van der Waals surface area (Å²) in [5, 5.41) is 6.61. The number of rotatable bonds is 4. The highest BCUT2D eigenvalue weighted by molar-refractivity contribution is 6.09. The minimum absolute atomic E-state index is 0.0352. The first-order valence-corrected chi connectivity index (χ1v) is 8.97. The van der Waals surface area contributed by atoms with Crippen molar-refractivity contribution in [3.05, 3.63) is 72.4 Å². The molecule has 2 N–H and O–H groups in total. The molecule has 0 aliphatic heterocycles. The zero-order valence-corrected chi connectivity index (χ0v) is 15.5. The first kappa shape index (κ1) is 17.7. The van der Waals surface area contributed by atoms with E-state index in [1.807, 2.05) is 38.1 Å². The van der Waals surface area contributed by atoms with Gasteiger partial charge in [0.2, 0.25) is 5.82 Å². The number of hydrogen-bond donors (Lipinski definition) is 2. The molecule has 0 fully saturated rings. The van der Waals surface area contributed by atoms with Crippen LogP contribution in [-0.2, 0) is 0 Å². The highest BCUT2D eigenvalue weighted by Gasteiger charge is 2.22. The molecule has 3 heterocycles. The van der Waals surface area contributed by atoms with E-state index in [9.17, 15) is 9.59 Å². The average Bonchev–Trinajstić information content (AvgIpc) is 3.08. The molecule has 0 radical (unpaired) electrons. The zero-order chi connectivity index (χ0) is 19.7. The molecule has 0 saturated heterocycles. The van der Waals surface area contributed by atoms with E-state index in [1.165, 1.54) is 0 Å². The van der Waals surface area contributed by atoms with E-state index < -0.39 is 5.91 Å². The van der Waals surface area contributed by atoms with E-state index in [4.69, 9.17) is 0 Å². The monoisotopic (exact) mass is 373 g/mol. The normalized spacial score (nSPS) is 11.1. The van der Waals surface area contributed by atoms with Crippen molar-refractivity contribution in [2.45, 2.75) is 19.9 Å². The maximum absolute atomic E-state index is 13.0. The van der Waals surface area contributed by atoms with Crippen LogP contribution in [0.15, 0.2) is 60.9 Å². The van der Waals surface area contributed by atoms with Gasteiger partial charge < -0.3 is 10.6 Å². The summed E-state index contributed by atoms with van der Waals surface area (Å²) in [5.74, 6) is -0.593. The van der Waals surface area contributed by atoms with Crippen molar-refractivity contribution in [1.29, 1.82) is 0 Å². The fourth-order valence-electron chi connectivity index (χ4n) is 3.08. The summed E-state index contributed by atoms with van der Waals surface area (Å²) in [7, 11) is 0. The number of aromatic nitrogens is 3. The van der Waals surface area contributed by atoms with Crippen LogP contribution < -0.4 is 10.6 Å². The van der Waals surface area contributed by atoms with Gasteiger partial charge in [0.05, 0.1) is 16.7 Å². The average molecular weight is 373 g/mol. The van der Waals surface area contributed by atoms with Gasteiger partial charge in [-0.1, -0.05) is 24.3 Å². The quantitative estimate of drug-likeness (QED) is 0.575. The number of fused-ring (bicyclic) bond motifs is 2. The Morgan fingerprint density at radius 3 is 2.64 bits per heavy atom. The first-order valence-electron chi connectivity index (χ1n) is 8.97. The number of carbonyl (C=O) groups is 2. The van der Waals surface area contributed by atoms with Crippen molar-refractivity contribution in [2.24, 2.45) is 0 Å². The van der Waals surface area contributed by atoms with Crippen LogP contribution in [0.4, 0.5) is 5.69 Å². The summed E-state index contributed by atoms with van der Waals surface area (Å²) >= 11 is 0. The SMILES string of the molecule is CC(C)NC(=O)c1nc(C(=O)Nc2cccc3cccnc23)n2ccccc12. The van der Waals surface area contributed by atoms with Crippen molar-refractivity contribution in [1.82, 2.24) is 19.7 Å². The van der Waals surface area contributed by atoms with Crippen LogP contribution in [0.3, 0.4) is 0 Å². The Labute approximate surface area is 161 Å². The summed E-state index contributed by atoms with van der Waals surface area (Å²) in [6, 6.07) is 14.7. The largest absolute Gasteiger partial charge is 0.348 e. The van der Waals surface area contributed by atoms with Crippen molar-refractivity contribution >= 4 is 33.9 Å². The van der Waals surface area contributed by atoms with Crippen molar-refractivity contribution in [3.63, 3.8) is 0 Å². The Hall–Kier alpha value is -3.74. The van der Waals surface area contributed by atoms with Gasteiger partial charge >= 0.3 is 0 Å². The van der Waals surface area contributed by atoms with Crippen LogP contribution in [0.2, 0.25) is 0 Å². The fourth-order valence-corrected chi connectivity index (χ4v) is 3.08. The summed E-state index contributed by atoms with van der Waals surface area (Å²) in [6.45, 7) is 3.74. The lowest BCUT2D eigenvalue weighted by atomic mass is 10.2. The van der Waals surface area contributed by atoms with Gasteiger partial charge in [-0.25, -0.2) is 4.98 Å². The molecule has 3 aromatic heterocycles. The van der Waals surface area contributed by atoms with Gasteiger partial charge in [0.15, 0.2) is 5.69 Å². The number of imidazole rings is 1. The molecule has 4 aromatic rings. The minimum Gasteiger partial charge on any atom is -0.348 e. The molecule has 140 valence electrons. The third kappa shape index (κ3) is 3.18. The molecule has 0 spiro atoms. The number of anilines is 1. The highest BCUT2D eigenvalue weighted by Crippen LogP contribution is 2.22. The summed E-state index contributed by atoms with van der Waals surface area (Å²) < 4.78 is 1.61. The van der Waals surface area contributed by atoms with Gasteiger partial charge in [-0.05, 0) is 38.1 Å². The van der Waals surface area contributed by atoms with E-state index in [1.54, 1.807) is 41.1 Å². The lowest BCUT2D eigenvalue weighted by molar-refractivity contribution is 0.0940. The third-order valence-electron chi connectivity index (χ3n) is 4.27. The molecule has 1 aromatic carbocycles. The third-order valence-corrected chi connectivity index (χ3v) is 4.27. The second-order valence-electron chi connectivity index (χ2n) is 6.70. The number of hydrogen-bond acceptors (Lipinski definition) is 4. The summed E-state index contributed by atoms with van der Waals surface area (Å²) in [6.07, 6.45) is 3.39. The van der Waals surface area contributed by atoms with E-state index in [2.05, 4.69) is 20.6 Å². The zero-order valence-electron chi connectivity index (χ0n) is 15.5. The van der Waals surface area contributed by atoms with E-state index in [0.717, 1.165) is 5.39 Å². The van der Waals surface area contributed by atoms with Crippen LogP contribution in [0.5, 0.6) is 0 Å². The highest BCUT2D eigenvalue weighted by atomic mass is 16.2. The number of para-hydroxylation sites is 1. The molecule has 4 rings (SSSR count). The van der Waals surface area contributed by atoms with Crippen molar-refractivity contribution in [3.8, 4) is 0 Å². The Balaban J connectivity index is 1.74. The molecular formula is C21H19N5O2. The number of carbonyl (C=O) groups excluding carboxylic acids is 2. The van der Waals surface area contributed by atoms with Crippen LogP contribution in [0.1, 0.15) is 35.0 Å². The fraction of sp³-hybridized carbons (Fsp3) is 0.143. The molecule has 2 amide bonds. The summed E-state index contributed by atoms with van der Waals surface area (Å²) in [4.78, 5) is 34.2. The van der Waals surface area contributed by atoms with Gasteiger partial charge in [-0.15, -0.1) is 0 Å². The van der Waals surface area contributed by atoms with Crippen LogP contribution >= 0.6 is 0 Å². The van der Waals surface area contributed by atoms with E-state index >= 15 is 0 Å². The van der Waals surface area contributed by atoms with Crippen LogP contribution in [0, 0.1) is 0 Å². The smallest absolute Gasteiger partial charge is 0.292 e. The number of nitrogens with zero attached hydrogens (tertiary/aromatic N) is 3. The maximum Gasteiger partial charge on any atom is 0.292 e. The predicted octanol–water partition coefficient (Wildman–Crippen LogP) is 3.27. The molecular weight excluding hydrogens is 354 g/mol. The van der Waals surface area contributed by atoms with E-state index in [-0.39, 0.29) is 23.5 Å². The standard InChI is InChI=1S/C21H19N5O2/c1-13(2)23-20(27)18-16-10-3-4-12-26(16)19(25-18)21(28)24-15-9-5-7-14-8-6-11-22-17(14)15/h3-13H,1-2H3,(H,23,27)(H,24,28). The summed E-state index contributed by atoms with van der Waals surface area (Å²) in [5.41, 5.74) is 2.07. The predicted molar refractivity (Wildman–Crippen MR) is 107 cm³/mol. The lowest BCUT2D eigenvalue weighted by Gasteiger charge is -2.07. The molecule has 0 atom stereocenters. The number of benzene rings is 1. The molecule has 0 aliphatic carbocycles. The van der Waals surface area contributed by atoms with Crippen molar-refractivity contribution in [2.75, 3.05) is 5.32 Å². The molecule has 7 nitrogen and oxygen atoms in total. The molecule has 0 bridgehead atoms. The van der Waals surface area contributed by atoms with Gasteiger partial charge in [0.25, 0.3) is 11.8 Å². The second-order valence-corrected chi connectivity index (χ2v) is 6.70. The second kappa shape index (κ2) is 7.11. The number of amides is 2. The molecule has 0 saturated carbocycles. The van der Waals surface area contributed by atoms with Gasteiger partial charge in [-0.2, -0.15) is 0 Å². The topological polar surface area (TPSA) is 88.4 Å². The number of pyridine rings is 2. The van der Waals surface area contributed by atoms with Crippen LogP contribution in [-0.4, -0.2) is 32.2 Å². The Morgan fingerprint density at radius 2 is 1.82 bits per heavy atom. The van der Waals surface area contributed by atoms with Gasteiger partial charge in [0.1, 0.15) is 0 Å². The Bertz CT molecular complexity index is 1190. The molecule has 0 aliphatic rings. The Morgan fingerprint density at radius 1 is 1.00 bits per heavy atom. The Kier molecular flexibility index (Phi) is 4.49. The van der Waals surface area contributed by atoms with Crippen molar-refractivity contribution < 1.29 is 9.59 Å². The van der Waals surface area contributed by atoms with Gasteiger partial charge in [0, 0.05) is 23.8 Å².